The van der Waals surface area contributed by atoms with E-state index in [0.717, 1.165) is 4.47 Å². The molecule has 0 aliphatic carbocycles. The maximum atomic E-state index is 12.9. The molecule has 1 aromatic heterocycles. The summed E-state index contributed by atoms with van der Waals surface area (Å²) in [6.45, 7) is 0. The number of carbonyl (C=O) groups excluding carboxylic acids is 1. The maximum absolute atomic E-state index is 12.9. The van der Waals surface area contributed by atoms with Crippen LogP contribution in [0.25, 0.3) is 0 Å². The van der Waals surface area contributed by atoms with Crippen molar-refractivity contribution in [3.8, 4) is 5.75 Å². The van der Waals surface area contributed by atoms with Gasteiger partial charge in [0, 0.05) is 16.4 Å². The zero-order valence-electron chi connectivity index (χ0n) is 14.5. The van der Waals surface area contributed by atoms with E-state index >= 15 is 0 Å². The Hall–Kier alpha value is -2.49. The number of ether oxygens (including phenoxy) is 1. The quantitative estimate of drug-likeness (QED) is 0.480. The molecule has 0 atom stereocenters. The SMILES string of the molecule is COc1ccc(NC(=O)c2cc(Br)c[nH]2)cc1S(=O)(=O)Nc1ccccc1Cl. The Bertz CT molecular complexity index is 1130. The van der Waals surface area contributed by atoms with Crippen LogP contribution in [-0.2, 0) is 10.0 Å². The number of benzene rings is 2. The van der Waals surface area contributed by atoms with E-state index < -0.39 is 15.9 Å². The molecule has 28 heavy (non-hydrogen) atoms. The molecule has 0 saturated heterocycles. The highest BCUT2D eigenvalue weighted by Crippen LogP contribution is 2.31. The van der Waals surface area contributed by atoms with Crippen molar-refractivity contribution in [1.29, 1.82) is 0 Å². The van der Waals surface area contributed by atoms with Gasteiger partial charge in [-0.15, -0.1) is 0 Å². The fourth-order valence-electron chi connectivity index (χ4n) is 2.41. The van der Waals surface area contributed by atoms with E-state index in [1.165, 1.54) is 19.2 Å². The molecule has 1 heterocycles. The highest BCUT2D eigenvalue weighted by atomic mass is 79.9. The molecule has 3 aromatic rings. The largest absolute Gasteiger partial charge is 0.495 e. The van der Waals surface area contributed by atoms with Crippen molar-refractivity contribution in [2.24, 2.45) is 0 Å². The molecule has 0 saturated carbocycles. The fourth-order valence-corrected chi connectivity index (χ4v) is 4.26. The number of hydrogen-bond donors (Lipinski definition) is 3. The van der Waals surface area contributed by atoms with E-state index in [4.69, 9.17) is 16.3 Å². The van der Waals surface area contributed by atoms with Crippen molar-refractivity contribution in [3.63, 3.8) is 0 Å². The first-order valence-electron chi connectivity index (χ1n) is 7.91. The van der Waals surface area contributed by atoms with Crippen LogP contribution in [0.4, 0.5) is 11.4 Å². The standard InChI is InChI=1S/C18H15BrClN3O4S/c1-27-16-7-6-12(22-18(24)15-8-11(19)10-21-15)9-17(16)28(25,26)23-14-5-3-2-4-13(14)20/h2-10,21,23H,1H3,(H,22,24). The molecule has 0 radical (unpaired) electrons. The number of aromatic amines is 1. The van der Waals surface area contributed by atoms with Crippen LogP contribution in [0.1, 0.15) is 10.5 Å². The second-order valence-corrected chi connectivity index (χ2v) is 8.61. The van der Waals surface area contributed by atoms with Crippen LogP contribution in [0, 0.1) is 0 Å². The van der Waals surface area contributed by atoms with Crippen molar-refractivity contribution in [2.75, 3.05) is 17.1 Å². The van der Waals surface area contributed by atoms with Gasteiger partial charge in [-0.2, -0.15) is 0 Å². The summed E-state index contributed by atoms with van der Waals surface area (Å²) in [5.74, 6) is -0.293. The third-order valence-electron chi connectivity index (χ3n) is 3.72. The molecule has 10 heteroatoms. The van der Waals surface area contributed by atoms with Gasteiger partial charge in [0.15, 0.2) is 0 Å². The van der Waals surface area contributed by atoms with Gasteiger partial charge in [-0.05, 0) is 52.3 Å². The molecule has 0 aliphatic rings. The summed E-state index contributed by atoms with van der Waals surface area (Å²) >= 11 is 9.29. The number of carbonyl (C=O) groups is 1. The molecule has 0 unspecified atom stereocenters. The smallest absolute Gasteiger partial charge is 0.272 e. The van der Waals surface area contributed by atoms with E-state index in [1.807, 2.05) is 0 Å². The molecule has 2 aromatic carbocycles. The van der Waals surface area contributed by atoms with Crippen LogP contribution in [-0.4, -0.2) is 26.4 Å². The number of anilines is 2. The number of H-pyrrole nitrogens is 1. The number of nitrogens with one attached hydrogen (secondary N) is 3. The van der Waals surface area contributed by atoms with Crippen molar-refractivity contribution >= 4 is 54.8 Å². The Morgan fingerprint density at radius 3 is 2.57 bits per heavy atom. The highest BCUT2D eigenvalue weighted by Gasteiger charge is 2.22. The van der Waals surface area contributed by atoms with Crippen LogP contribution < -0.4 is 14.8 Å². The molecule has 1 amide bonds. The zero-order valence-corrected chi connectivity index (χ0v) is 17.7. The average molecular weight is 485 g/mol. The molecule has 3 rings (SSSR count). The summed E-state index contributed by atoms with van der Waals surface area (Å²) in [7, 11) is -2.66. The molecule has 7 nitrogen and oxygen atoms in total. The number of para-hydroxylation sites is 1. The number of aromatic nitrogens is 1. The van der Waals surface area contributed by atoms with Crippen molar-refractivity contribution in [2.45, 2.75) is 4.90 Å². The summed E-state index contributed by atoms with van der Waals surface area (Å²) < 4.78 is 34.1. The first-order valence-corrected chi connectivity index (χ1v) is 10.6. The van der Waals surface area contributed by atoms with Gasteiger partial charge < -0.3 is 15.0 Å². The third-order valence-corrected chi connectivity index (χ3v) is 5.90. The predicted octanol–water partition coefficient (Wildman–Crippen LogP) is 4.49. The second kappa shape index (κ2) is 8.26. The molecular weight excluding hydrogens is 470 g/mol. The lowest BCUT2D eigenvalue weighted by molar-refractivity contribution is 0.102. The summed E-state index contributed by atoms with van der Waals surface area (Å²) in [6, 6.07) is 12.4. The lowest BCUT2D eigenvalue weighted by Gasteiger charge is -2.14. The Balaban J connectivity index is 1.92. The Kier molecular flexibility index (Phi) is 5.97. The van der Waals surface area contributed by atoms with Gasteiger partial charge in [0.05, 0.1) is 17.8 Å². The van der Waals surface area contributed by atoms with Gasteiger partial charge in [-0.3, -0.25) is 9.52 Å². The normalized spacial score (nSPS) is 11.1. The van der Waals surface area contributed by atoms with Gasteiger partial charge in [0.25, 0.3) is 15.9 Å². The monoisotopic (exact) mass is 483 g/mol. The van der Waals surface area contributed by atoms with Gasteiger partial charge in [-0.1, -0.05) is 23.7 Å². The van der Waals surface area contributed by atoms with Crippen LogP contribution in [0.2, 0.25) is 5.02 Å². The lowest BCUT2D eigenvalue weighted by atomic mass is 10.3. The molecule has 146 valence electrons. The number of methoxy groups -OCH3 is 1. The summed E-state index contributed by atoms with van der Waals surface area (Å²) in [4.78, 5) is 15.0. The number of hydrogen-bond acceptors (Lipinski definition) is 4. The maximum Gasteiger partial charge on any atom is 0.272 e. The van der Waals surface area contributed by atoms with Crippen molar-refractivity contribution in [3.05, 3.63) is 69.9 Å². The van der Waals surface area contributed by atoms with E-state index in [0.29, 0.717) is 5.69 Å². The minimum Gasteiger partial charge on any atom is -0.495 e. The van der Waals surface area contributed by atoms with Crippen LogP contribution in [0.15, 0.2) is 64.1 Å². The summed E-state index contributed by atoms with van der Waals surface area (Å²) in [5, 5.41) is 2.90. The second-order valence-electron chi connectivity index (χ2n) is 5.64. The number of sulfonamides is 1. The minimum absolute atomic E-state index is 0.125. The van der Waals surface area contributed by atoms with Crippen LogP contribution >= 0.6 is 27.5 Å². The number of rotatable bonds is 6. The van der Waals surface area contributed by atoms with Gasteiger partial charge in [-0.25, -0.2) is 8.42 Å². The fraction of sp³-hybridized carbons (Fsp3) is 0.0556. The Morgan fingerprint density at radius 2 is 1.93 bits per heavy atom. The Labute approximate surface area is 175 Å². The van der Waals surface area contributed by atoms with Crippen molar-refractivity contribution in [1.82, 2.24) is 4.98 Å². The molecule has 3 N–H and O–H groups in total. The van der Waals surface area contributed by atoms with E-state index in [-0.39, 0.29) is 27.0 Å². The zero-order chi connectivity index (χ0) is 20.3. The van der Waals surface area contributed by atoms with Crippen LogP contribution in [0.5, 0.6) is 5.75 Å². The number of amides is 1. The summed E-state index contributed by atoms with van der Waals surface area (Å²) in [5.41, 5.74) is 0.842. The van der Waals surface area contributed by atoms with E-state index in [2.05, 4.69) is 31.0 Å². The Morgan fingerprint density at radius 1 is 1.18 bits per heavy atom. The third kappa shape index (κ3) is 4.49. The first-order chi connectivity index (χ1) is 13.3. The molecule has 0 aliphatic heterocycles. The van der Waals surface area contributed by atoms with Crippen LogP contribution in [0.3, 0.4) is 0 Å². The van der Waals surface area contributed by atoms with Gasteiger partial charge in [0.2, 0.25) is 0 Å². The average Bonchev–Trinajstić information content (AvgIpc) is 3.10. The number of halogens is 2. The topological polar surface area (TPSA) is 100 Å². The molecule has 0 fully saturated rings. The first kappa shape index (κ1) is 20.2. The van der Waals surface area contributed by atoms with E-state index in [1.54, 1.807) is 42.6 Å². The molecule has 0 bridgehead atoms. The van der Waals surface area contributed by atoms with Crippen molar-refractivity contribution < 1.29 is 17.9 Å². The predicted molar refractivity (Wildman–Crippen MR) is 112 cm³/mol. The van der Waals surface area contributed by atoms with Gasteiger partial charge >= 0.3 is 0 Å². The summed E-state index contributed by atoms with van der Waals surface area (Å²) in [6.07, 6.45) is 1.62. The van der Waals surface area contributed by atoms with E-state index in [9.17, 15) is 13.2 Å². The molecule has 0 spiro atoms. The molecular formula is C18H15BrClN3O4S. The highest BCUT2D eigenvalue weighted by molar-refractivity contribution is 9.10. The minimum atomic E-state index is -4.02. The van der Waals surface area contributed by atoms with Gasteiger partial charge in [0.1, 0.15) is 16.3 Å². The lowest BCUT2D eigenvalue weighted by Crippen LogP contribution is -2.16.